The molecule has 1 heterocycles. The number of benzene rings is 1. The van der Waals surface area contributed by atoms with Gasteiger partial charge in [0, 0.05) is 49.4 Å². The van der Waals surface area contributed by atoms with Crippen LogP contribution in [-0.4, -0.2) is 44.2 Å². The highest BCUT2D eigenvalue weighted by Crippen LogP contribution is 2.21. The van der Waals surface area contributed by atoms with Gasteiger partial charge in [0.05, 0.1) is 0 Å². The number of nitrogens with one attached hydrogen (secondary N) is 2. The summed E-state index contributed by atoms with van der Waals surface area (Å²) in [5, 5.41) is 6.90. The van der Waals surface area contributed by atoms with Gasteiger partial charge in [0.1, 0.15) is 0 Å². The average molecular weight is 312 g/mol. The molecule has 2 rings (SSSR count). The van der Waals surface area contributed by atoms with Crippen LogP contribution in [0, 0.1) is 5.92 Å². The Morgan fingerprint density at radius 1 is 1.33 bits per heavy atom. The topological polar surface area (TPSA) is 27.3 Å². The highest BCUT2D eigenvalue weighted by molar-refractivity contribution is 9.10. The predicted molar refractivity (Wildman–Crippen MR) is 81.1 cm³/mol. The maximum Gasteiger partial charge on any atom is 0.0484 e. The van der Waals surface area contributed by atoms with Crippen LogP contribution in [0.25, 0.3) is 0 Å². The number of piperazine rings is 1. The zero-order valence-electron chi connectivity index (χ0n) is 11.0. The van der Waals surface area contributed by atoms with Crippen molar-refractivity contribution < 1.29 is 0 Å². The minimum Gasteiger partial charge on any atom is -0.384 e. The molecule has 0 aliphatic carbocycles. The number of para-hydroxylation sites is 1. The van der Waals surface area contributed by atoms with E-state index in [0.717, 1.165) is 24.1 Å². The van der Waals surface area contributed by atoms with Gasteiger partial charge in [-0.05, 0) is 34.0 Å². The lowest BCUT2D eigenvalue weighted by Crippen LogP contribution is -2.45. The number of rotatable bonds is 5. The largest absolute Gasteiger partial charge is 0.384 e. The summed E-state index contributed by atoms with van der Waals surface area (Å²) in [6.07, 6.45) is 0. The Bertz CT molecular complexity index is 364. The van der Waals surface area contributed by atoms with Crippen LogP contribution < -0.4 is 10.6 Å². The van der Waals surface area contributed by atoms with E-state index in [4.69, 9.17) is 0 Å². The Labute approximate surface area is 118 Å². The molecule has 1 aliphatic heterocycles. The first kappa shape index (κ1) is 13.8. The average Bonchev–Trinajstić information content (AvgIpc) is 2.39. The summed E-state index contributed by atoms with van der Waals surface area (Å²) in [4.78, 5) is 2.54. The quantitative estimate of drug-likeness (QED) is 0.874. The normalized spacial score (nSPS) is 18.6. The lowest BCUT2D eigenvalue weighted by Gasteiger charge is -2.29. The molecule has 18 heavy (non-hydrogen) atoms. The lowest BCUT2D eigenvalue weighted by molar-refractivity contribution is 0.215. The van der Waals surface area contributed by atoms with Crippen LogP contribution in [0.4, 0.5) is 5.69 Å². The van der Waals surface area contributed by atoms with E-state index in [1.807, 2.05) is 6.07 Å². The highest BCUT2D eigenvalue weighted by atomic mass is 79.9. The Morgan fingerprint density at radius 2 is 2.06 bits per heavy atom. The number of anilines is 1. The first-order valence-corrected chi connectivity index (χ1v) is 7.46. The Morgan fingerprint density at radius 3 is 2.78 bits per heavy atom. The van der Waals surface area contributed by atoms with Gasteiger partial charge in [-0.1, -0.05) is 19.1 Å². The van der Waals surface area contributed by atoms with E-state index in [1.165, 1.54) is 25.3 Å². The molecular formula is C14H22BrN3. The molecule has 3 nitrogen and oxygen atoms in total. The molecule has 1 aromatic rings. The molecule has 1 aliphatic rings. The zero-order valence-corrected chi connectivity index (χ0v) is 12.5. The summed E-state index contributed by atoms with van der Waals surface area (Å²) >= 11 is 3.56. The highest BCUT2D eigenvalue weighted by Gasteiger charge is 2.12. The zero-order chi connectivity index (χ0) is 12.8. The molecule has 4 heteroatoms. The maximum atomic E-state index is 3.56. The predicted octanol–water partition coefficient (Wildman–Crippen LogP) is 2.40. The van der Waals surface area contributed by atoms with Gasteiger partial charge in [0.2, 0.25) is 0 Å². The minimum atomic E-state index is 0.662. The third-order valence-electron chi connectivity index (χ3n) is 3.29. The van der Waals surface area contributed by atoms with Crippen molar-refractivity contribution in [3.8, 4) is 0 Å². The minimum absolute atomic E-state index is 0.662. The van der Waals surface area contributed by atoms with Crippen molar-refractivity contribution in [2.24, 2.45) is 5.92 Å². The first-order valence-electron chi connectivity index (χ1n) is 6.67. The van der Waals surface area contributed by atoms with Crippen LogP contribution in [-0.2, 0) is 0 Å². The molecule has 1 unspecified atom stereocenters. The number of halogens is 1. The smallest absolute Gasteiger partial charge is 0.0484 e. The van der Waals surface area contributed by atoms with Crippen molar-refractivity contribution in [1.29, 1.82) is 0 Å². The van der Waals surface area contributed by atoms with Crippen molar-refractivity contribution >= 4 is 21.6 Å². The van der Waals surface area contributed by atoms with Crippen LogP contribution in [0.15, 0.2) is 28.7 Å². The molecule has 0 amide bonds. The Hall–Kier alpha value is -0.580. The standard InChI is InChI=1S/C14H22BrN3/c1-12(11-18-8-6-16-7-9-18)10-17-14-5-3-2-4-13(14)15/h2-5,12,16-17H,6-11H2,1H3. The van der Waals surface area contributed by atoms with E-state index in [-0.39, 0.29) is 0 Å². The second-order valence-electron chi connectivity index (χ2n) is 5.02. The molecule has 1 saturated heterocycles. The summed E-state index contributed by atoms with van der Waals surface area (Å²) in [5.74, 6) is 0.662. The summed E-state index contributed by atoms with van der Waals surface area (Å²) in [7, 11) is 0. The van der Waals surface area contributed by atoms with Crippen LogP contribution >= 0.6 is 15.9 Å². The van der Waals surface area contributed by atoms with Crippen LogP contribution in [0.1, 0.15) is 6.92 Å². The van der Waals surface area contributed by atoms with Gasteiger partial charge < -0.3 is 15.5 Å². The summed E-state index contributed by atoms with van der Waals surface area (Å²) < 4.78 is 1.14. The van der Waals surface area contributed by atoms with Gasteiger partial charge in [-0.15, -0.1) is 0 Å². The molecule has 1 fully saturated rings. The van der Waals surface area contributed by atoms with Crippen molar-refractivity contribution in [1.82, 2.24) is 10.2 Å². The third-order valence-corrected chi connectivity index (χ3v) is 3.99. The van der Waals surface area contributed by atoms with Crippen LogP contribution in [0.5, 0.6) is 0 Å². The molecule has 2 N–H and O–H groups in total. The van der Waals surface area contributed by atoms with Crippen molar-refractivity contribution in [3.05, 3.63) is 28.7 Å². The van der Waals surface area contributed by atoms with E-state index in [1.54, 1.807) is 0 Å². The Kier molecular flexibility index (Phi) is 5.47. The monoisotopic (exact) mass is 311 g/mol. The third kappa shape index (κ3) is 4.26. The van der Waals surface area contributed by atoms with Crippen LogP contribution in [0.2, 0.25) is 0 Å². The summed E-state index contributed by atoms with van der Waals surface area (Å²) in [6.45, 7) is 9.13. The van der Waals surface area contributed by atoms with Gasteiger partial charge in [0.15, 0.2) is 0 Å². The van der Waals surface area contributed by atoms with Gasteiger partial charge in [-0.2, -0.15) is 0 Å². The van der Waals surface area contributed by atoms with Gasteiger partial charge in [-0.3, -0.25) is 0 Å². The molecule has 1 atom stereocenters. The van der Waals surface area contributed by atoms with E-state index in [2.05, 4.69) is 56.6 Å². The second kappa shape index (κ2) is 7.12. The fourth-order valence-corrected chi connectivity index (χ4v) is 2.71. The summed E-state index contributed by atoms with van der Waals surface area (Å²) in [5.41, 5.74) is 1.18. The van der Waals surface area contributed by atoms with Crippen molar-refractivity contribution in [2.75, 3.05) is 44.6 Å². The van der Waals surface area contributed by atoms with Crippen molar-refractivity contribution in [2.45, 2.75) is 6.92 Å². The fraction of sp³-hybridized carbons (Fsp3) is 0.571. The molecule has 0 saturated carbocycles. The van der Waals surface area contributed by atoms with Crippen LogP contribution in [0.3, 0.4) is 0 Å². The SMILES string of the molecule is CC(CNc1ccccc1Br)CN1CCNCC1. The van der Waals surface area contributed by atoms with Crippen molar-refractivity contribution in [3.63, 3.8) is 0 Å². The number of nitrogens with zero attached hydrogens (tertiary/aromatic N) is 1. The van der Waals surface area contributed by atoms with E-state index in [9.17, 15) is 0 Å². The lowest BCUT2D eigenvalue weighted by atomic mass is 10.1. The maximum absolute atomic E-state index is 3.56. The molecule has 100 valence electrons. The van der Waals surface area contributed by atoms with Gasteiger partial charge in [-0.25, -0.2) is 0 Å². The number of hydrogen-bond donors (Lipinski definition) is 2. The number of hydrogen-bond acceptors (Lipinski definition) is 3. The van der Waals surface area contributed by atoms with Gasteiger partial charge in [0.25, 0.3) is 0 Å². The Balaban J connectivity index is 1.74. The second-order valence-corrected chi connectivity index (χ2v) is 5.87. The molecule has 0 bridgehead atoms. The van der Waals surface area contributed by atoms with Gasteiger partial charge >= 0.3 is 0 Å². The molecule has 1 aromatic carbocycles. The molecule has 0 radical (unpaired) electrons. The molecule has 0 spiro atoms. The van der Waals surface area contributed by atoms with E-state index < -0.39 is 0 Å². The molecular weight excluding hydrogens is 290 g/mol. The van der Waals surface area contributed by atoms with E-state index in [0.29, 0.717) is 5.92 Å². The first-order chi connectivity index (χ1) is 8.75. The summed E-state index contributed by atoms with van der Waals surface area (Å²) in [6, 6.07) is 8.29. The molecule has 0 aromatic heterocycles. The van der Waals surface area contributed by atoms with E-state index >= 15 is 0 Å². The fourth-order valence-electron chi connectivity index (χ4n) is 2.29.